The van der Waals surface area contributed by atoms with Gasteiger partial charge < -0.3 is 4.74 Å². The molecule has 0 spiro atoms. The summed E-state index contributed by atoms with van der Waals surface area (Å²) in [5.41, 5.74) is 3.05. The molecule has 0 radical (unpaired) electrons. The van der Waals surface area contributed by atoms with Crippen LogP contribution in [0.2, 0.25) is 5.02 Å². The summed E-state index contributed by atoms with van der Waals surface area (Å²) in [4.78, 5) is 0. The average molecular weight is 344 g/mol. The Bertz CT molecular complexity index is 569. The molecule has 5 heteroatoms. The van der Waals surface area contributed by atoms with E-state index in [1.54, 1.807) is 0 Å². The number of hydrogen-bond donors (Lipinski definition) is 0. The van der Waals surface area contributed by atoms with Gasteiger partial charge in [0, 0.05) is 22.5 Å². The number of aromatic nitrogens is 2. The van der Waals surface area contributed by atoms with Gasteiger partial charge in [0.15, 0.2) is 0 Å². The van der Waals surface area contributed by atoms with Crippen LogP contribution in [0, 0.1) is 6.92 Å². The number of rotatable bonds is 5. The molecule has 0 saturated heterocycles. The second kappa shape index (κ2) is 6.44. The van der Waals surface area contributed by atoms with Crippen molar-refractivity contribution in [2.45, 2.75) is 32.3 Å². The normalized spacial score (nSPS) is 10.7. The highest BCUT2D eigenvalue weighted by atomic mass is 79.9. The maximum Gasteiger partial charge on any atom is 0.130 e. The largest absolute Gasteiger partial charge is 0.487 e. The maximum atomic E-state index is 6.15. The molecule has 0 aliphatic rings. The van der Waals surface area contributed by atoms with E-state index >= 15 is 0 Å². The lowest BCUT2D eigenvalue weighted by Gasteiger charge is -2.11. The Morgan fingerprint density at radius 2 is 2.21 bits per heavy atom. The minimum Gasteiger partial charge on any atom is -0.487 e. The molecular formula is C14H16BrClN2O. The van der Waals surface area contributed by atoms with Crippen LogP contribution in [0.15, 0.2) is 24.3 Å². The highest BCUT2D eigenvalue weighted by Crippen LogP contribution is 2.29. The Kier molecular flexibility index (Phi) is 4.88. The molecule has 0 saturated carbocycles. The van der Waals surface area contributed by atoms with Crippen molar-refractivity contribution < 1.29 is 4.74 Å². The van der Waals surface area contributed by atoms with Gasteiger partial charge in [-0.05, 0) is 32.0 Å². The molecule has 3 nitrogen and oxygen atoms in total. The second-order valence-electron chi connectivity index (χ2n) is 4.23. The predicted octanol–water partition coefficient (Wildman–Crippen LogP) is 4.34. The number of ether oxygens (including phenoxy) is 1. The Morgan fingerprint density at radius 1 is 1.42 bits per heavy atom. The lowest BCUT2D eigenvalue weighted by atomic mass is 10.2. The third kappa shape index (κ3) is 3.31. The topological polar surface area (TPSA) is 27.1 Å². The summed E-state index contributed by atoms with van der Waals surface area (Å²) < 4.78 is 7.83. The van der Waals surface area contributed by atoms with Crippen LogP contribution in [-0.2, 0) is 18.5 Å². The fourth-order valence-corrected chi connectivity index (χ4v) is 2.92. The second-order valence-corrected chi connectivity index (χ2v) is 5.20. The van der Waals surface area contributed by atoms with Crippen molar-refractivity contribution >= 4 is 27.5 Å². The van der Waals surface area contributed by atoms with Crippen LogP contribution in [0.3, 0.4) is 0 Å². The van der Waals surface area contributed by atoms with E-state index in [9.17, 15) is 0 Å². The van der Waals surface area contributed by atoms with Crippen LogP contribution < -0.4 is 4.74 Å². The number of alkyl halides is 1. The van der Waals surface area contributed by atoms with E-state index in [2.05, 4.69) is 28.0 Å². The highest BCUT2D eigenvalue weighted by molar-refractivity contribution is 9.08. The summed E-state index contributed by atoms with van der Waals surface area (Å²) in [7, 11) is 0. The smallest absolute Gasteiger partial charge is 0.130 e. The lowest BCUT2D eigenvalue weighted by molar-refractivity contribution is 0.290. The van der Waals surface area contributed by atoms with Crippen molar-refractivity contribution in [2.75, 3.05) is 0 Å². The number of hydrogen-bond acceptors (Lipinski definition) is 2. The van der Waals surface area contributed by atoms with E-state index in [-0.39, 0.29) is 0 Å². The summed E-state index contributed by atoms with van der Waals surface area (Å²) in [5, 5.41) is 5.79. The van der Waals surface area contributed by atoms with Gasteiger partial charge in [0.25, 0.3) is 0 Å². The molecular weight excluding hydrogens is 328 g/mol. The zero-order chi connectivity index (χ0) is 13.8. The standard InChI is InChI=1S/C14H16BrClN2O/c1-3-18-11(7-10(2)17-18)9-19-14-6-4-5-13(16)12(14)8-15/h4-7H,3,8-9H2,1-2H3. The molecule has 0 aliphatic carbocycles. The summed E-state index contributed by atoms with van der Waals surface area (Å²) in [6.07, 6.45) is 0. The molecule has 1 aromatic carbocycles. The van der Waals surface area contributed by atoms with Crippen molar-refractivity contribution in [3.63, 3.8) is 0 Å². The third-order valence-corrected chi connectivity index (χ3v) is 3.78. The van der Waals surface area contributed by atoms with Crippen LogP contribution in [0.1, 0.15) is 23.9 Å². The first-order valence-electron chi connectivity index (χ1n) is 6.15. The van der Waals surface area contributed by atoms with Crippen LogP contribution in [0.4, 0.5) is 0 Å². The fourth-order valence-electron chi connectivity index (χ4n) is 1.94. The number of benzene rings is 1. The van der Waals surface area contributed by atoms with Gasteiger partial charge in [-0.1, -0.05) is 33.6 Å². The van der Waals surface area contributed by atoms with Gasteiger partial charge in [0.05, 0.1) is 11.4 Å². The van der Waals surface area contributed by atoms with E-state index in [0.717, 1.165) is 34.3 Å². The van der Waals surface area contributed by atoms with Gasteiger partial charge in [-0.2, -0.15) is 5.10 Å². The number of nitrogens with zero attached hydrogens (tertiary/aromatic N) is 2. The molecule has 0 atom stereocenters. The van der Waals surface area contributed by atoms with Gasteiger partial charge in [0.1, 0.15) is 12.4 Å². The van der Waals surface area contributed by atoms with Gasteiger partial charge in [0.2, 0.25) is 0 Å². The Hall–Kier alpha value is -1.000. The van der Waals surface area contributed by atoms with Crippen molar-refractivity contribution in [3.8, 4) is 5.75 Å². The summed E-state index contributed by atoms with van der Waals surface area (Å²) in [6, 6.07) is 7.74. The number of aryl methyl sites for hydroxylation is 2. The lowest BCUT2D eigenvalue weighted by Crippen LogP contribution is -2.06. The molecule has 2 aromatic rings. The first kappa shape index (κ1) is 14.4. The Labute approximate surface area is 126 Å². The Balaban J connectivity index is 2.16. The fraction of sp³-hybridized carbons (Fsp3) is 0.357. The highest BCUT2D eigenvalue weighted by Gasteiger charge is 2.09. The summed E-state index contributed by atoms with van der Waals surface area (Å²) >= 11 is 9.58. The van der Waals surface area contributed by atoms with E-state index in [1.165, 1.54) is 0 Å². The van der Waals surface area contributed by atoms with Crippen molar-refractivity contribution in [1.29, 1.82) is 0 Å². The minimum absolute atomic E-state index is 0.495. The maximum absolute atomic E-state index is 6.15. The molecule has 0 amide bonds. The van der Waals surface area contributed by atoms with Crippen LogP contribution >= 0.6 is 27.5 Å². The zero-order valence-corrected chi connectivity index (χ0v) is 13.3. The first-order valence-corrected chi connectivity index (χ1v) is 7.65. The zero-order valence-electron chi connectivity index (χ0n) is 11.0. The van der Waals surface area contributed by atoms with Crippen molar-refractivity contribution in [1.82, 2.24) is 9.78 Å². The van der Waals surface area contributed by atoms with Gasteiger partial charge >= 0.3 is 0 Å². The van der Waals surface area contributed by atoms with E-state index < -0.39 is 0 Å². The van der Waals surface area contributed by atoms with Crippen molar-refractivity contribution in [2.24, 2.45) is 0 Å². The SMILES string of the molecule is CCn1nc(C)cc1COc1cccc(Cl)c1CBr. The van der Waals surface area contributed by atoms with Gasteiger partial charge in [-0.25, -0.2) is 0 Å². The first-order chi connectivity index (χ1) is 9.15. The molecule has 102 valence electrons. The Morgan fingerprint density at radius 3 is 2.89 bits per heavy atom. The molecule has 0 bridgehead atoms. The van der Waals surface area contributed by atoms with Gasteiger partial charge in [-0.15, -0.1) is 0 Å². The minimum atomic E-state index is 0.495. The van der Waals surface area contributed by atoms with Gasteiger partial charge in [-0.3, -0.25) is 4.68 Å². The van der Waals surface area contributed by atoms with E-state index in [4.69, 9.17) is 16.3 Å². The average Bonchev–Trinajstić information content (AvgIpc) is 2.76. The van der Waals surface area contributed by atoms with Crippen LogP contribution in [0.25, 0.3) is 0 Å². The molecule has 0 fully saturated rings. The molecule has 0 aliphatic heterocycles. The monoisotopic (exact) mass is 342 g/mol. The molecule has 0 N–H and O–H groups in total. The van der Waals surface area contributed by atoms with E-state index in [1.807, 2.05) is 35.9 Å². The number of halogens is 2. The summed E-state index contributed by atoms with van der Waals surface area (Å²) in [6.45, 7) is 5.39. The third-order valence-electron chi connectivity index (χ3n) is 2.87. The molecule has 1 aromatic heterocycles. The van der Waals surface area contributed by atoms with Crippen LogP contribution in [0.5, 0.6) is 5.75 Å². The van der Waals surface area contributed by atoms with Crippen molar-refractivity contribution in [3.05, 3.63) is 46.2 Å². The molecule has 1 heterocycles. The van der Waals surface area contributed by atoms with E-state index in [0.29, 0.717) is 11.9 Å². The quantitative estimate of drug-likeness (QED) is 0.755. The molecule has 2 rings (SSSR count). The molecule has 0 unspecified atom stereocenters. The molecule has 19 heavy (non-hydrogen) atoms. The summed E-state index contributed by atoms with van der Waals surface area (Å²) in [5.74, 6) is 0.811. The van der Waals surface area contributed by atoms with Crippen LogP contribution in [-0.4, -0.2) is 9.78 Å². The predicted molar refractivity (Wildman–Crippen MR) is 81.1 cm³/mol.